The van der Waals surface area contributed by atoms with Crippen LogP contribution in [0.5, 0.6) is 0 Å². The summed E-state index contributed by atoms with van der Waals surface area (Å²) < 4.78 is 0. The second-order valence-corrected chi connectivity index (χ2v) is 6.48. The minimum Gasteiger partial charge on any atom is -0.289 e. The van der Waals surface area contributed by atoms with E-state index in [1.165, 1.54) is 33.4 Å². The molecule has 1 aliphatic rings. The van der Waals surface area contributed by atoms with E-state index in [4.69, 9.17) is 0 Å². The first kappa shape index (κ1) is 14.4. The second kappa shape index (κ2) is 5.34. The van der Waals surface area contributed by atoms with E-state index in [0.29, 0.717) is 4.90 Å². The summed E-state index contributed by atoms with van der Waals surface area (Å²) in [5.41, 5.74) is 9.17. The van der Waals surface area contributed by atoms with E-state index in [2.05, 4.69) is 45.5 Å². The average Bonchev–Trinajstić information content (AvgIpc) is 2.69. The molecule has 2 aromatic rings. The summed E-state index contributed by atoms with van der Waals surface area (Å²) in [4.78, 5) is 12.6. The lowest BCUT2D eigenvalue weighted by Gasteiger charge is -2.16. The van der Waals surface area contributed by atoms with Crippen LogP contribution in [0.4, 0.5) is 0 Å². The Bertz CT molecular complexity index is 790. The molecule has 0 heterocycles. The van der Waals surface area contributed by atoms with Crippen molar-refractivity contribution in [3.05, 3.63) is 62.3 Å². The van der Waals surface area contributed by atoms with Crippen molar-refractivity contribution < 1.29 is 0 Å². The van der Waals surface area contributed by atoms with Gasteiger partial charge in [0.2, 0.25) is 0 Å². The lowest BCUT2D eigenvalue weighted by Crippen LogP contribution is -1.98. The molecule has 0 aliphatic heterocycles. The molecular weight excluding hydrogens is 276 g/mol. The minimum atomic E-state index is 0.0181. The van der Waals surface area contributed by atoms with E-state index in [-0.39, 0.29) is 5.43 Å². The zero-order valence-electron chi connectivity index (χ0n) is 12.8. The standard InChI is InChI=1S/C19H20OS/c1-11-9-15-6-4-5-14-10-17(20)18(21)8-7-16(14)19(15)13(3)12(11)2/h7-10H,4-6H2,1-3H3,(H,20,21). The van der Waals surface area contributed by atoms with Crippen LogP contribution in [0.25, 0.3) is 11.1 Å². The van der Waals surface area contributed by atoms with E-state index in [1.807, 2.05) is 6.07 Å². The number of thiol groups is 1. The molecule has 1 aliphatic carbocycles. The number of fused-ring (bicyclic) bond motifs is 3. The molecular formula is C19H20OS. The fourth-order valence-electron chi connectivity index (χ4n) is 3.32. The van der Waals surface area contributed by atoms with E-state index in [0.717, 1.165) is 24.8 Å². The topological polar surface area (TPSA) is 17.1 Å². The van der Waals surface area contributed by atoms with Gasteiger partial charge in [-0.1, -0.05) is 12.1 Å². The molecule has 21 heavy (non-hydrogen) atoms. The molecule has 0 unspecified atom stereocenters. The third-order valence-corrected chi connectivity index (χ3v) is 5.08. The Hall–Kier alpha value is -1.54. The fraction of sp³-hybridized carbons (Fsp3) is 0.316. The summed E-state index contributed by atoms with van der Waals surface area (Å²) in [5, 5.41) is 0. The van der Waals surface area contributed by atoms with Crippen LogP contribution >= 0.6 is 12.6 Å². The van der Waals surface area contributed by atoms with Crippen LogP contribution in [0.15, 0.2) is 34.0 Å². The largest absolute Gasteiger partial charge is 0.289 e. The van der Waals surface area contributed by atoms with Crippen LogP contribution in [0, 0.1) is 20.8 Å². The van der Waals surface area contributed by atoms with Gasteiger partial charge in [0.05, 0.1) is 4.90 Å². The number of benzene rings is 1. The summed E-state index contributed by atoms with van der Waals surface area (Å²) in [6, 6.07) is 8.01. The molecule has 0 saturated carbocycles. The van der Waals surface area contributed by atoms with Crippen LogP contribution in [0.1, 0.15) is 34.2 Å². The van der Waals surface area contributed by atoms with Crippen LogP contribution in [-0.2, 0) is 12.8 Å². The zero-order chi connectivity index (χ0) is 15.1. The molecule has 108 valence electrons. The summed E-state index contributed by atoms with van der Waals surface area (Å²) in [6.45, 7) is 6.56. The van der Waals surface area contributed by atoms with Crippen LogP contribution in [-0.4, -0.2) is 0 Å². The van der Waals surface area contributed by atoms with Gasteiger partial charge in [-0.3, -0.25) is 4.79 Å². The molecule has 2 heteroatoms. The predicted molar refractivity (Wildman–Crippen MR) is 91.6 cm³/mol. The maximum Gasteiger partial charge on any atom is 0.192 e. The maximum absolute atomic E-state index is 12.0. The highest BCUT2D eigenvalue weighted by Gasteiger charge is 2.18. The summed E-state index contributed by atoms with van der Waals surface area (Å²) in [5.74, 6) is 0. The van der Waals surface area contributed by atoms with Crippen LogP contribution < -0.4 is 5.43 Å². The van der Waals surface area contributed by atoms with Gasteiger partial charge in [-0.15, -0.1) is 12.6 Å². The smallest absolute Gasteiger partial charge is 0.192 e. The quantitative estimate of drug-likeness (QED) is 0.712. The maximum atomic E-state index is 12.0. The van der Waals surface area contributed by atoms with E-state index in [1.54, 1.807) is 6.07 Å². The molecule has 1 nitrogen and oxygen atoms in total. The molecule has 2 aromatic carbocycles. The highest BCUT2D eigenvalue weighted by molar-refractivity contribution is 7.80. The van der Waals surface area contributed by atoms with E-state index in [9.17, 15) is 4.79 Å². The van der Waals surface area contributed by atoms with Crippen molar-refractivity contribution >= 4 is 12.6 Å². The average molecular weight is 296 g/mol. The van der Waals surface area contributed by atoms with Crippen molar-refractivity contribution in [1.29, 1.82) is 0 Å². The Kier molecular flexibility index (Phi) is 3.66. The second-order valence-electron chi connectivity index (χ2n) is 6.00. The van der Waals surface area contributed by atoms with E-state index >= 15 is 0 Å². The first-order valence-corrected chi connectivity index (χ1v) is 7.90. The molecule has 0 aromatic heterocycles. The SMILES string of the molecule is Cc1cc2c(c(C)c1C)-c1ccc(S)c(=O)cc1CCC2. The van der Waals surface area contributed by atoms with Crippen LogP contribution in [0.3, 0.4) is 0 Å². The van der Waals surface area contributed by atoms with Gasteiger partial charge in [-0.25, -0.2) is 0 Å². The van der Waals surface area contributed by atoms with Gasteiger partial charge < -0.3 is 0 Å². The Labute approximate surface area is 131 Å². The van der Waals surface area contributed by atoms with Gasteiger partial charge in [0.25, 0.3) is 0 Å². The molecule has 0 atom stereocenters. The number of rotatable bonds is 0. The molecule has 3 rings (SSSR count). The third kappa shape index (κ3) is 2.42. The van der Waals surface area contributed by atoms with Crippen molar-refractivity contribution in [3.63, 3.8) is 0 Å². The highest BCUT2D eigenvalue weighted by atomic mass is 32.1. The van der Waals surface area contributed by atoms with Gasteiger partial charge >= 0.3 is 0 Å². The Balaban J connectivity index is 2.42. The summed E-state index contributed by atoms with van der Waals surface area (Å²) in [7, 11) is 0. The Morgan fingerprint density at radius 1 is 0.952 bits per heavy atom. The normalized spacial score (nSPS) is 13.3. The van der Waals surface area contributed by atoms with Crippen molar-refractivity contribution in [1.82, 2.24) is 0 Å². The number of hydrogen-bond acceptors (Lipinski definition) is 2. The Morgan fingerprint density at radius 2 is 1.67 bits per heavy atom. The molecule has 0 amide bonds. The molecule has 0 bridgehead atoms. The third-order valence-electron chi connectivity index (χ3n) is 4.71. The van der Waals surface area contributed by atoms with Gasteiger partial charge in [0, 0.05) is 0 Å². The van der Waals surface area contributed by atoms with Gasteiger partial charge in [0.15, 0.2) is 5.43 Å². The van der Waals surface area contributed by atoms with Crippen LogP contribution in [0.2, 0.25) is 0 Å². The molecule has 0 radical (unpaired) electrons. The van der Waals surface area contributed by atoms with Crippen molar-refractivity contribution in [2.75, 3.05) is 0 Å². The Morgan fingerprint density at radius 3 is 2.43 bits per heavy atom. The molecule has 0 saturated heterocycles. The molecule has 0 N–H and O–H groups in total. The van der Waals surface area contributed by atoms with Gasteiger partial charge in [0.1, 0.15) is 0 Å². The number of aryl methyl sites for hydroxylation is 3. The van der Waals surface area contributed by atoms with Gasteiger partial charge in [-0.05, 0) is 91.1 Å². The highest BCUT2D eigenvalue weighted by Crippen LogP contribution is 2.36. The lowest BCUT2D eigenvalue weighted by molar-refractivity contribution is 0.833. The summed E-state index contributed by atoms with van der Waals surface area (Å²) >= 11 is 4.29. The molecule has 0 fully saturated rings. The molecule has 0 spiro atoms. The van der Waals surface area contributed by atoms with Crippen molar-refractivity contribution in [2.45, 2.75) is 44.9 Å². The first-order chi connectivity index (χ1) is 9.99. The first-order valence-electron chi connectivity index (χ1n) is 7.45. The summed E-state index contributed by atoms with van der Waals surface area (Å²) in [6.07, 6.45) is 3.13. The van der Waals surface area contributed by atoms with Crippen molar-refractivity contribution in [3.8, 4) is 11.1 Å². The zero-order valence-corrected chi connectivity index (χ0v) is 13.7. The lowest BCUT2D eigenvalue weighted by atomic mass is 9.89. The monoisotopic (exact) mass is 296 g/mol. The van der Waals surface area contributed by atoms with Crippen molar-refractivity contribution in [2.24, 2.45) is 0 Å². The predicted octanol–water partition coefficient (Wildman–Crippen LogP) is 4.42. The van der Waals surface area contributed by atoms with Gasteiger partial charge in [-0.2, -0.15) is 0 Å². The fourth-order valence-corrected chi connectivity index (χ4v) is 3.46. The van der Waals surface area contributed by atoms with E-state index < -0.39 is 0 Å². The number of hydrogen-bond donors (Lipinski definition) is 1. The minimum absolute atomic E-state index is 0.0181.